The Balaban J connectivity index is 2.57. The lowest BCUT2D eigenvalue weighted by molar-refractivity contribution is -0.274. The molecule has 0 saturated carbocycles. The first-order chi connectivity index (χ1) is 8.90. The van der Waals surface area contributed by atoms with Gasteiger partial charge in [-0.05, 0) is 12.1 Å². The maximum atomic E-state index is 12.0. The summed E-state index contributed by atoms with van der Waals surface area (Å²) in [6.45, 7) is 0.194. The molecule has 1 aromatic rings. The van der Waals surface area contributed by atoms with E-state index in [-0.39, 0.29) is 18.8 Å². The van der Waals surface area contributed by atoms with Gasteiger partial charge in [0, 0.05) is 11.8 Å². The molecule has 0 spiro atoms. The van der Waals surface area contributed by atoms with Crippen molar-refractivity contribution < 1.29 is 22.7 Å². The molecule has 0 fully saturated rings. The zero-order valence-electron chi connectivity index (χ0n) is 9.75. The van der Waals surface area contributed by atoms with Gasteiger partial charge in [0.25, 0.3) is 0 Å². The van der Waals surface area contributed by atoms with Gasteiger partial charge < -0.3 is 10.1 Å². The Morgan fingerprint density at radius 3 is 2.79 bits per heavy atom. The van der Waals surface area contributed by atoms with E-state index in [0.29, 0.717) is 0 Å². The van der Waals surface area contributed by atoms with Crippen molar-refractivity contribution in [3.05, 3.63) is 24.3 Å². The van der Waals surface area contributed by atoms with E-state index in [1.54, 1.807) is 0 Å². The van der Waals surface area contributed by atoms with Gasteiger partial charge in [0.2, 0.25) is 5.91 Å². The molecule has 0 unspecified atom stereocenters. The quantitative estimate of drug-likeness (QED) is 0.634. The van der Waals surface area contributed by atoms with E-state index in [0.717, 1.165) is 12.1 Å². The van der Waals surface area contributed by atoms with Gasteiger partial charge in [-0.2, -0.15) is 0 Å². The highest BCUT2D eigenvalue weighted by Gasteiger charge is 2.31. The molecule has 0 radical (unpaired) electrons. The SMILES string of the molecule is C#CCNCC(=O)Nc1cccc(OC(F)(F)F)c1. The van der Waals surface area contributed by atoms with Crippen LogP contribution in [0.2, 0.25) is 0 Å². The highest BCUT2D eigenvalue weighted by molar-refractivity contribution is 5.92. The fraction of sp³-hybridized carbons (Fsp3) is 0.250. The van der Waals surface area contributed by atoms with Crippen molar-refractivity contribution in [2.45, 2.75) is 6.36 Å². The summed E-state index contributed by atoms with van der Waals surface area (Å²) in [7, 11) is 0. The Morgan fingerprint density at radius 2 is 2.16 bits per heavy atom. The number of ether oxygens (including phenoxy) is 1. The molecule has 0 aliphatic heterocycles. The van der Waals surface area contributed by atoms with Crippen LogP contribution in [-0.4, -0.2) is 25.4 Å². The number of alkyl halides is 3. The molecule has 19 heavy (non-hydrogen) atoms. The summed E-state index contributed by atoms with van der Waals surface area (Å²) in [5.74, 6) is 1.47. The number of rotatable bonds is 5. The van der Waals surface area contributed by atoms with E-state index < -0.39 is 18.0 Å². The number of hydrogen-bond acceptors (Lipinski definition) is 3. The second-order valence-corrected chi connectivity index (χ2v) is 3.43. The van der Waals surface area contributed by atoms with E-state index in [1.807, 2.05) is 0 Å². The molecular formula is C12H11F3N2O2. The van der Waals surface area contributed by atoms with Crippen LogP contribution in [0, 0.1) is 12.3 Å². The smallest absolute Gasteiger partial charge is 0.406 e. The Hall–Kier alpha value is -2.20. The van der Waals surface area contributed by atoms with Crippen molar-refractivity contribution in [1.82, 2.24) is 5.32 Å². The fourth-order valence-corrected chi connectivity index (χ4v) is 1.22. The van der Waals surface area contributed by atoms with Gasteiger partial charge in [-0.25, -0.2) is 0 Å². The van der Waals surface area contributed by atoms with E-state index in [4.69, 9.17) is 6.42 Å². The first-order valence-electron chi connectivity index (χ1n) is 5.20. The predicted molar refractivity (Wildman–Crippen MR) is 63.5 cm³/mol. The van der Waals surface area contributed by atoms with Crippen molar-refractivity contribution in [1.29, 1.82) is 0 Å². The standard InChI is InChI=1S/C12H11F3N2O2/c1-2-6-16-8-11(18)17-9-4-3-5-10(7-9)19-12(13,14)15/h1,3-5,7,16H,6,8H2,(H,17,18). The molecular weight excluding hydrogens is 261 g/mol. The van der Waals surface area contributed by atoms with Crippen molar-refractivity contribution in [2.75, 3.05) is 18.4 Å². The normalized spacial score (nSPS) is 10.6. The van der Waals surface area contributed by atoms with Crippen molar-refractivity contribution in [3.63, 3.8) is 0 Å². The molecule has 0 aliphatic carbocycles. The summed E-state index contributed by atoms with van der Waals surface area (Å²) < 4.78 is 39.7. The Labute approximate surface area is 107 Å². The van der Waals surface area contributed by atoms with Crippen LogP contribution in [0.25, 0.3) is 0 Å². The summed E-state index contributed by atoms with van der Waals surface area (Å²) in [6, 6.07) is 5.00. The number of carbonyl (C=O) groups excluding carboxylic acids is 1. The van der Waals surface area contributed by atoms with E-state index >= 15 is 0 Å². The van der Waals surface area contributed by atoms with Crippen LogP contribution < -0.4 is 15.4 Å². The average molecular weight is 272 g/mol. The van der Waals surface area contributed by atoms with Crippen LogP contribution >= 0.6 is 0 Å². The molecule has 1 rings (SSSR count). The summed E-state index contributed by atoms with van der Waals surface area (Å²) in [5.41, 5.74) is 0.203. The van der Waals surface area contributed by atoms with Crippen LogP contribution in [0.3, 0.4) is 0 Å². The largest absolute Gasteiger partial charge is 0.573 e. The molecule has 0 bridgehead atoms. The van der Waals surface area contributed by atoms with E-state index in [9.17, 15) is 18.0 Å². The number of nitrogens with one attached hydrogen (secondary N) is 2. The maximum absolute atomic E-state index is 12.0. The second-order valence-electron chi connectivity index (χ2n) is 3.43. The molecule has 7 heteroatoms. The Morgan fingerprint density at radius 1 is 1.42 bits per heavy atom. The lowest BCUT2D eigenvalue weighted by Crippen LogP contribution is -2.28. The second kappa shape index (κ2) is 6.66. The third-order valence-electron chi connectivity index (χ3n) is 1.86. The van der Waals surface area contributed by atoms with Gasteiger partial charge in [0.05, 0.1) is 13.1 Å². The molecule has 0 saturated heterocycles. The number of amides is 1. The van der Waals surface area contributed by atoms with Crippen LogP contribution in [0.1, 0.15) is 0 Å². The van der Waals surface area contributed by atoms with Crippen molar-refractivity contribution in [2.24, 2.45) is 0 Å². The van der Waals surface area contributed by atoms with Crippen LogP contribution in [-0.2, 0) is 4.79 Å². The monoisotopic (exact) mass is 272 g/mol. The molecule has 4 nitrogen and oxygen atoms in total. The minimum Gasteiger partial charge on any atom is -0.406 e. The van der Waals surface area contributed by atoms with Crippen LogP contribution in [0.4, 0.5) is 18.9 Å². The molecule has 0 atom stereocenters. The van der Waals surface area contributed by atoms with Gasteiger partial charge in [0.1, 0.15) is 5.75 Å². The molecule has 0 aromatic heterocycles. The summed E-state index contributed by atoms with van der Waals surface area (Å²) in [4.78, 5) is 11.4. The Kier molecular flexibility index (Phi) is 5.21. The summed E-state index contributed by atoms with van der Waals surface area (Å²) in [5, 5.41) is 5.06. The predicted octanol–water partition coefficient (Wildman–Crippen LogP) is 1.75. The molecule has 0 heterocycles. The van der Waals surface area contributed by atoms with Gasteiger partial charge >= 0.3 is 6.36 Å². The highest BCUT2D eigenvalue weighted by atomic mass is 19.4. The first-order valence-corrected chi connectivity index (χ1v) is 5.20. The number of carbonyl (C=O) groups is 1. The summed E-state index contributed by atoms with van der Waals surface area (Å²) in [6.07, 6.45) is 0.212. The molecule has 1 aromatic carbocycles. The fourth-order valence-electron chi connectivity index (χ4n) is 1.22. The molecule has 1 amide bonds. The number of anilines is 1. The lowest BCUT2D eigenvalue weighted by Gasteiger charge is -2.10. The number of terminal acetylenes is 1. The zero-order chi connectivity index (χ0) is 14.3. The number of hydrogen-bond donors (Lipinski definition) is 2. The van der Waals surface area contributed by atoms with Gasteiger partial charge in [-0.3, -0.25) is 10.1 Å². The lowest BCUT2D eigenvalue weighted by atomic mass is 10.3. The van der Waals surface area contributed by atoms with Crippen molar-refractivity contribution >= 4 is 11.6 Å². The number of benzene rings is 1. The van der Waals surface area contributed by atoms with E-state index in [2.05, 4.69) is 21.3 Å². The van der Waals surface area contributed by atoms with Gasteiger partial charge in [-0.15, -0.1) is 19.6 Å². The summed E-state index contributed by atoms with van der Waals surface area (Å²) >= 11 is 0. The Bertz CT molecular complexity index is 481. The molecule has 2 N–H and O–H groups in total. The zero-order valence-corrected chi connectivity index (χ0v) is 9.75. The first kappa shape index (κ1) is 14.9. The highest BCUT2D eigenvalue weighted by Crippen LogP contribution is 2.24. The third kappa shape index (κ3) is 6.33. The van der Waals surface area contributed by atoms with Crippen LogP contribution in [0.5, 0.6) is 5.75 Å². The minimum atomic E-state index is -4.77. The number of halogens is 3. The maximum Gasteiger partial charge on any atom is 0.573 e. The average Bonchev–Trinajstić information content (AvgIpc) is 2.27. The third-order valence-corrected chi connectivity index (χ3v) is 1.86. The van der Waals surface area contributed by atoms with Gasteiger partial charge in [0.15, 0.2) is 0 Å². The van der Waals surface area contributed by atoms with E-state index in [1.165, 1.54) is 12.1 Å². The van der Waals surface area contributed by atoms with Crippen LogP contribution in [0.15, 0.2) is 24.3 Å². The molecule has 0 aliphatic rings. The van der Waals surface area contributed by atoms with Crippen molar-refractivity contribution in [3.8, 4) is 18.1 Å². The van der Waals surface area contributed by atoms with Gasteiger partial charge in [-0.1, -0.05) is 12.0 Å². The minimum absolute atomic E-state index is 0.0332. The molecule has 102 valence electrons. The topological polar surface area (TPSA) is 50.4 Å².